The molecule has 0 saturated heterocycles. The van der Waals surface area contributed by atoms with Crippen LogP contribution in [0.4, 0.5) is 8.78 Å². The van der Waals surface area contributed by atoms with Gasteiger partial charge in [-0.05, 0) is 34.1 Å². The van der Waals surface area contributed by atoms with E-state index in [1.165, 1.54) is 30.3 Å². The second-order valence-corrected chi connectivity index (χ2v) is 5.83. The van der Waals surface area contributed by atoms with Crippen LogP contribution in [0, 0.1) is 11.6 Å². The quantitative estimate of drug-likeness (QED) is 0.842. The molecule has 2 nitrogen and oxygen atoms in total. The zero-order valence-corrected chi connectivity index (χ0v) is 13.2. The van der Waals surface area contributed by atoms with E-state index in [1.54, 1.807) is 6.07 Å². The third-order valence-electron chi connectivity index (χ3n) is 3.31. The molecule has 0 bridgehead atoms. The van der Waals surface area contributed by atoms with Gasteiger partial charge in [0.15, 0.2) is 0 Å². The maximum Gasteiger partial charge on any atom is 0.143 e. The Balaban J connectivity index is 2.48. The van der Waals surface area contributed by atoms with Crippen LogP contribution in [0.1, 0.15) is 23.1 Å². The highest BCUT2D eigenvalue weighted by Gasteiger charge is 2.28. The average Bonchev–Trinajstić information content (AvgIpc) is 2.45. The van der Waals surface area contributed by atoms with Crippen molar-refractivity contribution in [2.45, 2.75) is 12.0 Å². The van der Waals surface area contributed by atoms with E-state index in [9.17, 15) is 13.9 Å². The Bertz CT molecular complexity index is 633. The smallest absolute Gasteiger partial charge is 0.143 e. The van der Waals surface area contributed by atoms with Crippen LogP contribution in [0.15, 0.2) is 40.9 Å². The molecule has 0 saturated carbocycles. The molecule has 2 unspecified atom stereocenters. The first-order valence-corrected chi connectivity index (χ1v) is 7.40. The van der Waals surface area contributed by atoms with Crippen molar-refractivity contribution in [1.29, 1.82) is 0 Å². The molecule has 21 heavy (non-hydrogen) atoms. The van der Waals surface area contributed by atoms with E-state index in [2.05, 4.69) is 15.9 Å². The van der Waals surface area contributed by atoms with Crippen LogP contribution in [0.3, 0.4) is 0 Å². The largest absolute Gasteiger partial charge is 0.388 e. The molecule has 2 atom stereocenters. The number of hydrogen-bond donors (Lipinski definition) is 2. The first kappa shape index (κ1) is 16.4. The van der Waals surface area contributed by atoms with E-state index in [-0.39, 0.29) is 27.2 Å². The van der Waals surface area contributed by atoms with Crippen molar-refractivity contribution in [3.8, 4) is 0 Å². The normalized spacial score (nSPS) is 14.0. The summed E-state index contributed by atoms with van der Waals surface area (Å²) >= 11 is 9.05. The molecule has 3 N–H and O–H groups in total. The van der Waals surface area contributed by atoms with Crippen LogP contribution < -0.4 is 5.73 Å². The Hall–Kier alpha value is -1.01. The molecular formula is C15H13BrClF2NO. The number of benzene rings is 2. The molecule has 0 spiro atoms. The standard InChI is InChI=1S/C15H13BrClF2NO/c16-10-4-1-3-8(14(10)19)15(21)9(7-20)13-11(17)5-2-6-12(13)18/h1-6,9,15,21H,7,20H2. The molecule has 0 aliphatic carbocycles. The minimum atomic E-state index is -1.30. The Morgan fingerprint density at radius 2 is 1.86 bits per heavy atom. The number of nitrogens with two attached hydrogens (primary N) is 1. The van der Waals surface area contributed by atoms with Gasteiger partial charge in [-0.2, -0.15) is 0 Å². The van der Waals surface area contributed by atoms with Gasteiger partial charge < -0.3 is 10.8 Å². The predicted octanol–water partition coefficient (Wildman–Crippen LogP) is 4.16. The molecule has 0 aliphatic heterocycles. The summed E-state index contributed by atoms with van der Waals surface area (Å²) in [6.45, 7) is -0.0756. The third-order valence-corrected chi connectivity index (χ3v) is 4.25. The molecule has 2 aromatic rings. The molecule has 6 heteroatoms. The highest BCUT2D eigenvalue weighted by molar-refractivity contribution is 9.10. The van der Waals surface area contributed by atoms with Crippen LogP contribution in [0.25, 0.3) is 0 Å². The molecule has 0 aliphatic rings. The van der Waals surface area contributed by atoms with Gasteiger partial charge in [0.25, 0.3) is 0 Å². The molecule has 0 radical (unpaired) electrons. The zero-order chi connectivity index (χ0) is 15.6. The first-order valence-electron chi connectivity index (χ1n) is 6.23. The molecule has 112 valence electrons. The van der Waals surface area contributed by atoms with Crippen LogP contribution in [0.2, 0.25) is 5.02 Å². The van der Waals surface area contributed by atoms with Crippen molar-refractivity contribution in [2.24, 2.45) is 5.73 Å². The molecule has 2 rings (SSSR count). The van der Waals surface area contributed by atoms with Gasteiger partial charge >= 0.3 is 0 Å². The summed E-state index contributed by atoms with van der Waals surface area (Å²) in [4.78, 5) is 0. The maximum absolute atomic E-state index is 14.1. The average molecular weight is 377 g/mol. The first-order chi connectivity index (χ1) is 9.97. The summed E-state index contributed by atoms with van der Waals surface area (Å²) in [6, 6.07) is 8.73. The van der Waals surface area contributed by atoms with Crippen LogP contribution >= 0.6 is 27.5 Å². The molecule has 0 heterocycles. The molecule has 0 amide bonds. The lowest BCUT2D eigenvalue weighted by Gasteiger charge is -2.24. The van der Waals surface area contributed by atoms with Crippen LogP contribution in [-0.2, 0) is 0 Å². The summed E-state index contributed by atoms with van der Waals surface area (Å²) in [5.41, 5.74) is 5.78. The monoisotopic (exact) mass is 375 g/mol. The topological polar surface area (TPSA) is 46.2 Å². The van der Waals surface area contributed by atoms with Gasteiger partial charge in [0, 0.05) is 28.6 Å². The lowest BCUT2D eigenvalue weighted by atomic mass is 9.88. The number of hydrogen-bond acceptors (Lipinski definition) is 2. The maximum atomic E-state index is 14.1. The van der Waals surface area contributed by atoms with Crippen LogP contribution in [-0.4, -0.2) is 11.7 Å². The number of aliphatic hydroxyl groups excluding tert-OH is 1. The summed E-state index contributed by atoms with van der Waals surface area (Å²) in [5, 5.41) is 10.6. The van der Waals surface area contributed by atoms with Crippen molar-refractivity contribution >= 4 is 27.5 Å². The summed E-state index contributed by atoms with van der Waals surface area (Å²) in [7, 11) is 0. The van der Waals surface area contributed by atoms with E-state index >= 15 is 0 Å². The number of rotatable bonds is 4. The zero-order valence-electron chi connectivity index (χ0n) is 10.9. The Morgan fingerprint density at radius 3 is 2.48 bits per heavy atom. The minimum Gasteiger partial charge on any atom is -0.388 e. The van der Waals surface area contributed by atoms with Gasteiger partial charge in [0.1, 0.15) is 11.6 Å². The molecule has 0 aromatic heterocycles. The van der Waals surface area contributed by atoms with Gasteiger partial charge in [0.2, 0.25) is 0 Å². The van der Waals surface area contributed by atoms with Gasteiger partial charge in [-0.25, -0.2) is 8.78 Å². The highest BCUT2D eigenvalue weighted by atomic mass is 79.9. The van der Waals surface area contributed by atoms with E-state index in [0.29, 0.717) is 0 Å². The highest BCUT2D eigenvalue weighted by Crippen LogP contribution is 2.37. The molecular weight excluding hydrogens is 364 g/mol. The lowest BCUT2D eigenvalue weighted by molar-refractivity contribution is 0.141. The van der Waals surface area contributed by atoms with Crippen molar-refractivity contribution < 1.29 is 13.9 Å². The summed E-state index contributed by atoms with van der Waals surface area (Å²) in [6.07, 6.45) is -1.30. The summed E-state index contributed by atoms with van der Waals surface area (Å²) < 4.78 is 28.3. The molecule has 2 aromatic carbocycles. The predicted molar refractivity (Wildman–Crippen MR) is 82.3 cm³/mol. The van der Waals surface area contributed by atoms with Gasteiger partial charge in [0.05, 0.1) is 10.6 Å². The third kappa shape index (κ3) is 3.26. The SMILES string of the molecule is NCC(c1c(F)cccc1Cl)C(O)c1cccc(Br)c1F. The Morgan fingerprint density at radius 1 is 1.19 bits per heavy atom. The van der Waals surface area contributed by atoms with E-state index in [4.69, 9.17) is 17.3 Å². The fraction of sp³-hybridized carbons (Fsp3) is 0.200. The fourth-order valence-electron chi connectivity index (χ4n) is 2.24. The van der Waals surface area contributed by atoms with Crippen molar-refractivity contribution in [1.82, 2.24) is 0 Å². The Labute approximate surface area is 134 Å². The van der Waals surface area contributed by atoms with Gasteiger partial charge in [-0.1, -0.05) is 29.8 Å². The molecule has 0 fully saturated rings. The minimum absolute atomic E-state index is 0.0409. The summed E-state index contributed by atoms with van der Waals surface area (Å²) in [5.74, 6) is -2.02. The number of halogens is 4. The van der Waals surface area contributed by atoms with Crippen molar-refractivity contribution in [3.05, 3.63) is 68.7 Å². The van der Waals surface area contributed by atoms with E-state index in [1.807, 2.05) is 0 Å². The number of aliphatic hydroxyl groups is 1. The second kappa shape index (κ2) is 6.83. The lowest BCUT2D eigenvalue weighted by Crippen LogP contribution is -2.22. The fourth-order valence-corrected chi connectivity index (χ4v) is 2.92. The van der Waals surface area contributed by atoms with E-state index < -0.39 is 23.7 Å². The van der Waals surface area contributed by atoms with E-state index in [0.717, 1.165) is 0 Å². The second-order valence-electron chi connectivity index (χ2n) is 4.57. The van der Waals surface area contributed by atoms with Gasteiger partial charge in [-0.3, -0.25) is 0 Å². The Kier molecular flexibility index (Phi) is 5.32. The van der Waals surface area contributed by atoms with Gasteiger partial charge in [-0.15, -0.1) is 0 Å². The van der Waals surface area contributed by atoms with Crippen molar-refractivity contribution in [2.75, 3.05) is 6.54 Å². The van der Waals surface area contributed by atoms with Crippen LogP contribution in [0.5, 0.6) is 0 Å². The van der Waals surface area contributed by atoms with Crippen molar-refractivity contribution in [3.63, 3.8) is 0 Å².